The molecule has 0 atom stereocenters. The van der Waals surface area contributed by atoms with Crippen molar-refractivity contribution in [2.75, 3.05) is 12.4 Å². The van der Waals surface area contributed by atoms with Crippen molar-refractivity contribution in [3.63, 3.8) is 0 Å². The predicted octanol–water partition coefficient (Wildman–Crippen LogP) is 2.66. The van der Waals surface area contributed by atoms with Gasteiger partial charge in [0.15, 0.2) is 0 Å². The maximum absolute atomic E-state index is 12.2. The second-order valence-electron chi connectivity index (χ2n) is 8.67. The minimum Gasteiger partial charge on any atom is -0.458 e. The molecule has 3 rings (SSSR count). The van der Waals surface area contributed by atoms with Gasteiger partial charge in [0.05, 0.1) is 16.7 Å². The van der Waals surface area contributed by atoms with E-state index in [0.29, 0.717) is 23.4 Å². The van der Waals surface area contributed by atoms with Crippen LogP contribution in [0.3, 0.4) is 0 Å². The number of anilines is 1. The molecule has 0 saturated carbocycles. The Morgan fingerprint density at radius 2 is 1.94 bits per heavy atom. The highest BCUT2D eigenvalue weighted by Gasteiger charge is 2.19. The van der Waals surface area contributed by atoms with E-state index in [9.17, 15) is 4.79 Å². The number of carbonyl (C=O) groups is 1. The highest BCUT2D eigenvalue weighted by atomic mass is 16.5. The summed E-state index contributed by atoms with van der Waals surface area (Å²) in [6, 6.07) is 13.1. The maximum Gasteiger partial charge on any atom is 0.304 e. The lowest BCUT2D eigenvalue weighted by Gasteiger charge is -2.17. The fourth-order valence-corrected chi connectivity index (χ4v) is 3.06. The zero-order valence-corrected chi connectivity index (χ0v) is 18.9. The molecule has 10 nitrogen and oxygen atoms in total. The number of ether oxygens (including phenoxy) is 1. The predicted molar refractivity (Wildman–Crippen MR) is 125 cm³/mol. The molecule has 0 fully saturated rings. The van der Waals surface area contributed by atoms with E-state index < -0.39 is 0 Å². The van der Waals surface area contributed by atoms with Gasteiger partial charge in [0, 0.05) is 13.5 Å². The van der Waals surface area contributed by atoms with Gasteiger partial charge in [0.2, 0.25) is 11.9 Å². The Morgan fingerprint density at radius 1 is 1.19 bits per heavy atom. The molecule has 0 saturated heterocycles. The largest absolute Gasteiger partial charge is 0.458 e. The van der Waals surface area contributed by atoms with Crippen LogP contribution in [0.25, 0.3) is 11.0 Å². The van der Waals surface area contributed by atoms with Crippen LogP contribution in [0.4, 0.5) is 5.82 Å². The van der Waals surface area contributed by atoms with E-state index in [1.54, 1.807) is 17.7 Å². The van der Waals surface area contributed by atoms with Crippen molar-refractivity contribution in [3.8, 4) is 6.01 Å². The number of nitrogens with one attached hydrogen (secondary N) is 1. The number of hydrogen-bond donors (Lipinski definition) is 3. The van der Waals surface area contributed by atoms with Gasteiger partial charge in [-0.3, -0.25) is 9.80 Å². The molecule has 0 unspecified atom stereocenters. The second kappa shape index (κ2) is 9.65. The van der Waals surface area contributed by atoms with Crippen molar-refractivity contribution < 1.29 is 9.53 Å². The quantitative estimate of drug-likeness (QED) is 0.233. The molecule has 0 bridgehead atoms. The average molecular weight is 439 g/mol. The standard InChI is InChI=1S/C22H30N8O2/c1-22(2,3)13-12-19(31)27-18-11-7-8-15(25-18)14-32-21-26-16-9-5-6-10-17(16)30(21)20(28-23)29(4)24/h5-11H,12-14,23-24H2,1-4H3,(H,25,27,31)/b28-20+. The third-order valence-corrected chi connectivity index (χ3v) is 4.69. The normalized spacial score (nSPS) is 12.1. The van der Waals surface area contributed by atoms with Crippen molar-refractivity contribution in [1.29, 1.82) is 0 Å². The van der Waals surface area contributed by atoms with Crippen LogP contribution in [-0.2, 0) is 11.4 Å². The number of pyridine rings is 1. The topological polar surface area (TPSA) is 137 Å². The van der Waals surface area contributed by atoms with Crippen LogP contribution in [0.15, 0.2) is 47.6 Å². The zero-order valence-electron chi connectivity index (χ0n) is 18.9. The number of carbonyl (C=O) groups excluding carboxylic acids is 1. The van der Waals surface area contributed by atoms with Gasteiger partial charge in [-0.25, -0.2) is 15.4 Å². The number of nitrogens with two attached hydrogens (primary N) is 2. The first-order valence-electron chi connectivity index (χ1n) is 10.3. The lowest BCUT2D eigenvalue weighted by atomic mass is 9.90. The molecule has 2 aromatic heterocycles. The van der Waals surface area contributed by atoms with Gasteiger partial charge in [-0.2, -0.15) is 4.98 Å². The average Bonchev–Trinajstić information content (AvgIpc) is 3.09. The second-order valence-corrected chi connectivity index (χ2v) is 8.67. The molecule has 5 N–H and O–H groups in total. The van der Waals surface area contributed by atoms with Gasteiger partial charge < -0.3 is 15.9 Å². The molecular formula is C22H30N8O2. The van der Waals surface area contributed by atoms with Crippen LogP contribution >= 0.6 is 0 Å². The van der Waals surface area contributed by atoms with E-state index in [1.807, 2.05) is 36.4 Å². The highest BCUT2D eigenvalue weighted by molar-refractivity contribution is 5.93. The molecule has 10 heteroatoms. The van der Waals surface area contributed by atoms with Gasteiger partial charge in [-0.1, -0.05) is 39.0 Å². The van der Waals surface area contributed by atoms with Crippen LogP contribution in [0.5, 0.6) is 6.01 Å². The summed E-state index contributed by atoms with van der Waals surface area (Å²) in [4.78, 5) is 21.2. The van der Waals surface area contributed by atoms with Gasteiger partial charge in [-0.15, -0.1) is 5.10 Å². The Labute approximate surface area is 187 Å². The Morgan fingerprint density at radius 3 is 2.62 bits per heavy atom. The number of imidazole rings is 1. The summed E-state index contributed by atoms with van der Waals surface area (Å²) in [7, 11) is 1.62. The molecule has 0 aliphatic rings. The van der Waals surface area contributed by atoms with E-state index in [0.717, 1.165) is 11.9 Å². The van der Waals surface area contributed by atoms with E-state index in [-0.39, 0.29) is 29.9 Å². The molecule has 0 radical (unpaired) electrons. The van der Waals surface area contributed by atoms with Crippen molar-refractivity contribution in [1.82, 2.24) is 19.5 Å². The molecule has 32 heavy (non-hydrogen) atoms. The summed E-state index contributed by atoms with van der Waals surface area (Å²) in [5, 5.41) is 7.90. The monoisotopic (exact) mass is 438 g/mol. The van der Waals surface area contributed by atoms with E-state index in [1.165, 1.54) is 5.01 Å². The number of benzene rings is 1. The van der Waals surface area contributed by atoms with Crippen LogP contribution in [0.2, 0.25) is 0 Å². The molecule has 3 aromatic rings. The number of hydrazine groups is 1. The lowest BCUT2D eigenvalue weighted by molar-refractivity contribution is -0.116. The third kappa shape index (κ3) is 5.73. The molecule has 0 aliphatic heterocycles. The molecule has 2 heterocycles. The number of aromatic nitrogens is 3. The third-order valence-electron chi connectivity index (χ3n) is 4.69. The molecule has 1 aromatic carbocycles. The van der Waals surface area contributed by atoms with Gasteiger partial charge in [0.1, 0.15) is 12.4 Å². The SMILES string of the molecule is CN(N)/C(=N\N)n1c(OCc2cccc(NC(=O)CCC(C)(C)C)n2)nc2ccccc21. The van der Waals surface area contributed by atoms with Crippen LogP contribution < -0.4 is 21.7 Å². The minimum absolute atomic E-state index is 0.0675. The molecular weight excluding hydrogens is 408 g/mol. The van der Waals surface area contributed by atoms with Crippen molar-refractivity contribution in [3.05, 3.63) is 48.2 Å². The summed E-state index contributed by atoms with van der Waals surface area (Å²) < 4.78 is 7.58. The van der Waals surface area contributed by atoms with E-state index in [4.69, 9.17) is 16.4 Å². The summed E-state index contributed by atoms with van der Waals surface area (Å²) in [5.41, 5.74) is 2.18. The van der Waals surface area contributed by atoms with E-state index >= 15 is 0 Å². The lowest BCUT2D eigenvalue weighted by Crippen LogP contribution is -2.39. The van der Waals surface area contributed by atoms with Crippen molar-refractivity contribution in [2.45, 2.75) is 40.2 Å². The number of amides is 1. The number of nitrogens with zero attached hydrogens (tertiary/aromatic N) is 5. The number of rotatable bonds is 6. The first kappa shape index (κ1) is 23.0. The van der Waals surface area contributed by atoms with Crippen molar-refractivity contribution in [2.24, 2.45) is 22.2 Å². The fraction of sp³-hybridized carbons (Fsp3) is 0.364. The summed E-state index contributed by atoms with van der Waals surface area (Å²) >= 11 is 0. The van der Waals surface area contributed by atoms with Crippen LogP contribution in [-0.4, -0.2) is 38.5 Å². The smallest absolute Gasteiger partial charge is 0.304 e. The molecule has 0 spiro atoms. The Kier molecular flexibility index (Phi) is 6.94. The number of hydrogen-bond acceptors (Lipinski definition) is 7. The van der Waals surface area contributed by atoms with Gasteiger partial charge in [0.25, 0.3) is 0 Å². The maximum atomic E-state index is 12.2. The Balaban J connectivity index is 1.76. The minimum atomic E-state index is -0.0675. The number of para-hydroxylation sites is 2. The zero-order chi connectivity index (χ0) is 23.3. The molecule has 170 valence electrons. The summed E-state index contributed by atoms with van der Waals surface area (Å²) in [5.74, 6) is 12.1. The first-order chi connectivity index (χ1) is 15.2. The number of hydrazone groups is 1. The summed E-state index contributed by atoms with van der Waals surface area (Å²) in [6.45, 7) is 6.44. The Hall–Kier alpha value is -3.66. The fourth-order valence-electron chi connectivity index (χ4n) is 3.06. The molecule has 0 aliphatic carbocycles. The van der Waals surface area contributed by atoms with Crippen LogP contribution in [0, 0.1) is 5.41 Å². The molecule has 1 amide bonds. The Bertz CT molecular complexity index is 1110. The van der Waals surface area contributed by atoms with Gasteiger partial charge in [-0.05, 0) is 36.1 Å². The van der Waals surface area contributed by atoms with E-state index in [2.05, 4.69) is 41.2 Å². The van der Waals surface area contributed by atoms with Gasteiger partial charge >= 0.3 is 6.01 Å². The van der Waals surface area contributed by atoms with Crippen LogP contribution in [0.1, 0.15) is 39.3 Å². The summed E-state index contributed by atoms with van der Waals surface area (Å²) in [6.07, 6.45) is 1.22. The number of fused-ring (bicyclic) bond motifs is 1. The first-order valence-corrected chi connectivity index (χ1v) is 10.3. The highest BCUT2D eigenvalue weighted by Crippen LogP contribution is 2.23. The van der Waals surface area contributed by atoms with Crippen molar-refractivity contribution >= 4 is 28.7 Å².